The van der Waals surface area contributed by atoms with Gasteiger partial charge in [0.25, 0.3) is 0 Å². The molecule has 3 unspecified atom stereocenters. The van der Waals surface area contributed by atoms with Gasteiger partial charge in [0, 0.05) is 19.0 Å². The minimum atomic E-state index is -0.636. The third kappa shape index (κ3) is 2.37. The van der Waals surface area contributed by atoms with E-state index in [0.717, 1.165) is 43.8 Å². The van der Waals surface area contributed by atoms with E-state index in [1.165, 1.54) is 0 Å². The molecular weight excluding hydrogens is 238 g/mol. The molecule has 3 atom stereocenters. The SMILES string of the molecule is CC(C)Oc1ccc(C2(O)CCN3CCC2C3)cc1. The molecule has 2 heterocycles. The lowest BCUT2D eigenvalue weighted by atomic mass is 9.77. The molecule has 2 aliphatic rings. The van der Waals surface area contributed by atoms with Gasteiger partial charge in [-0.3, -0.25) is 0 Å². The average Bonchev–Trinajstić information content (AvgIpc) is 2.80. The van der Waals surface area contributed by atoms with Gasteiger partial charge in [0.05, 0.1) is 11.7 Å². The van der Waals surface area contributed by atoms with Gasteiger partial charge in [0.2, 0.25) is 0 Å². The van der Waals surface area contributed by atoms with E-state index in [0.29, 0.717) is 5.92 Å². The molecule has 0 aromatic heterocycles. The van der Waals surface area contributed by atoms with Gasteiger partial charge in [0.15, 0.2) is 0 Å². The zero-order valence-corrected chi connectivity index (χ0v) is 11.8. The van der Waals surface area contributed by atoms with Crippen LogP contribution in [0.3, 0.4) is 0 Å². The Morgan fingerprint density at radius 1 is 1.26 bits per heavy atom. The lowest BCUT2D eigenvalue weighted by Crippen LogP contribution is -2.44. The third-order valence-electron chi connectivity index (χ3n) is 4.48. The van der Waals surface area contributed by atoms with Crippen molar-refractivity contribution in [2.24, 2.45) is 5.92 Å². The highest BCUT2D eigenvalue weighted by molar-refractivity contribution is 5.32. The Morgan fingerprint density at radius 2 is 2.00 bits per heavy atom. The lowest BCUT2D eigenvalue weighted by molar-refractivity contribution is -0.0502. The van der Waals surface area contributed by atoms with E-state index in [1.54, 1.807) is 0 Å². The molecule has 19 heavy (non-hydrogen) atoms. The molecule has 2 bridgehead atoms. The molecule has 0 spiro atoms. The lowest BCUT2D eigenvalue weighted by Gasteiger charge is -2.39. The highest BCUT2D eigenvalue weighted by atomic mass is 16.5. The maximum atomic E-state index is 11.0. The van der Waals surface area contributed by atoms with Crippen LogP contribution in [0.25, 0.3) is 0 Å². The average molecular weight is 261 g/mol. The number of hydrogen-bond donors (Lipinski definition) is 1. The molecule has 2 fully saturated rings. The van der Waals surface area contributed by atoms with E-state index >= 15 is 0 Å². The summed E-state index contributed by atoms with van der Waals surface area (Å²) >= 11 is 0. The first-order valence-electron chi connectivity index (χ1n) is 7.30. The predicted octanol–water partition coefficient (Wildman–Crippen LogP) is 2.39. The largest absolute Gasteiger partial charge is 0.491 e. The molecule has 3 heteroatoms. The van der Waals surface area contributed by atoms with Crippen molar-refractivity contribution in [1.82, 2.24) is 4.90 Å². The quantitative estimate of drug-likeness (QED) is 0.907. The Bertz CT molecular complexity index is 443. The molecule has 3 rings (SSSR count). The smallest absolute Gasteiger partial charge is 0.119 e. The maximum Gasteiger partial charge on any atom is 0.119 e. The van der Waals surface area contributed by atoms with Gasteiger partial charge in [-0.1, -0.05) is 12.1 Å². The molecule has 0 aliphatic carbocycles. The number of nitrogens with zero attached hydrogens (tertiary/aromatic N) is 1. The van der Waals surface area contributed by atoms with Gasteiger partial charge < -0.3 is 14.7 Å². The molecule has 0 saturated carbocycles. The summed E-state index contributed by atoms with van der Waals surface area (Å²) in [6.45, 7) is 7.24. The zero-order chi connectivity index (χ0) is 13.5. The van der Waals surface area contributed by atoms with Gasteiger partial charge in [-0.15, -0.1) is 0 Å². The topological polar surface area (TPSA) is 32.7 Å². The maximum absolute atomic E-state index is 11.0. The molecule has 2 saturated heterocycles. The molecule has 1 N–H and O–H groups in total. The van der Waals surface area contributed by atoms with E-state index in [2.05, 4.69) is 4.90 Å². The first-order chi connectivity index (χ1) is 9.08. The standard InChI is InChI=1S/C16H23NO2/c1-12(2)19-15-5-3-13(4-6-15)16(18)8-10-17-9-7-14(16)11-17/h3-6,12,14,18H,7-11H2,1-2H3. The zero-order valence-electron chi connectivity index (χ0n) is 11.8. The van der Waals surface area contributed by atoms with Crippen molar-refractivity contribution in [3.63, 3.8) is 0 Å². The summed E-state index contributed by atoms with van der Waals surface area (Å²) in [5.41, 5.74) is 0.416. The molecule has 2 aliphatic heterocycles. The molecule has 3 nitrogen and oxygen atoms in total. The fraction of sp³-hybridized carbons (Fsp3) is 0.625. The van der Waals surface area contributed by atoms with Crippen molar-refractivity contribution >= 4 is 0 Å². The van der Waals surface area contributed by atoms with Gasteiger partial charge in [-0.25, -0.2) is 0 Å². The van der Waals surface area contributed by atoms with Crippen molar-refractivity contribution in [2.45, 2.75) is 38.4 Å². The fourth-order valence-corrected chi connectivity index (χ4v) is 3.43. The third-order valence-corrected chi connectivity index (χ3v) is 4.48. The van der Waals surface area contributed by atoms with Gasteiger partial charge in [-0.05, 0) is 50.9 Å². The number of rotatable bonds is 3. The summed E-state index contributed by atoms with van der Waals surface area (Å²) in [6, 6.07) is 8.03. The van der Waals surface area contributed by atoms with Crippen LogP contribution >= 0.6 is 0 Å². The minimum absolute atomic E-state index is 0.187. The second-order valence-corrected chi connectivity index (χ2v) is 6.15. The fourth-order valence-electron chi connectivity index (χ4n) is 3.43. The minimum Gasteiger partial charge on any atom is -0.491 e. The van der Waals surface area contributed by atoms with E-state index in [1.807, 2.05) is 38.1 Å². The van der Waals surface area contributed by atoms with Gasteiger partial charge in [-0.2, -0.15) is 0 Å². The normalized spacial score (nSPS) is 33.7. The van der Waals surface area contributed by atoms with Crippen LogP contribution in [0.2, 0.25) is 0 Å². The van der Waals surface area contributed by atoms with Crippen molar-refractivity contribution in [3.8, 4) is 5.75 Å². The summed E-state index contributed by atoms with van der Waals surface area (Å²) in [5.74, 6) is 1.27. The summed E-state index contributed by atoms with van der Waals surface area (Å²) in [7, 11) is 0. The van der Waals surface area contributed by atoms with Crippen LogP contribution in [-0.4, -0.2) is 35.7 Å². The second-order valence-electron chi connectivity index (χ2n) is 6.15. The van der Waals surface area contributed by atoms with Crippen molar-refractivity contribution < 1.29 is 9.84 Å². The monoisotopic (exact) mass is 261 g/mol. The van der Waals surface area contributed by atoms with Crippen LogP contribution in [0.15, 0.2) is 24.3 Å². The summed E-state index contributed by atoms with van der Waals surface area (Å²) in [4.78, 5) is 2.45. The van der Waals surface area contributed by atoms with Crippen molar-refractivity contribution in [3.05, 3.63) is 29.8 Å². The molecular formula is C16H23NO2. The highest BCUT2D eigenvalue weighted by Gasteiger charge is 2.45. The predicted molar refractivity (Wildman–Crippen MR) is 75.3 cm³/mol. The van der Waals surface area contributed by atoms with Gasteiger partial charge in [0.1, 0.15) is 5.75 Å². The molecule has 0 amide bonds. The highest BCUT2D eigenvalue weighted by Crippen LogP contribution is 2.42. The number of fused-ring (bicyclic) bond motifs is 2. The Morgan fingerprint density at radius 3 is 2.68 bits per heavy atom. The Kier molecular flexibility index (Phi) is 3.27. The molecule has 104 valence electrons. The van der Waals surface area contributed by atoms with E-state index in [4.69, 9.17) is 4.74 Å². The summed E-state index contributed by atoms with van der Waals surface area (Å²) in [5, 5.41) is 11.0. The number of ether oxygens (including phenoxy) is 1. The number of hydrogen-bond acceptors (Lipinski definition) is 3. The van der Waals surface area contributed by atoms with Crippen LogP contribution < -0.4 is 4.74 Å². The summed E-state index contributed by atoms with van der Waals surface area (Å²) in [6.07, 6.45) is 2.15. The first-order valence-corrected chi connectivity index (χ1v) is 7.30. The summed E-state index contributed by atoms with van der Waals surface area (Å²) < 4.78 is 5.66. The van der Waals surface area contributed by atoms with Gasteiger partial charge >= 0.3 is 0 Å². The Hall–Kier alpha value is -1.06. The van der Waals surface area contributed by atoms with E-state index < -0.39 is 5.60 Å². The Balaban J connectivity index is 1.81. The Labute approximate surface area is 115 Å². The van der Waals surface area contributed by atoms with Crippen LogP contribution in [0.4, 0.5) is 0 Å². The van der Waals surface area contributed by atoms with E-state index in [-0.39, 0.29) is 6.10 Å². The first kappa shape index (κ1) is 12.9. The molecule has 1 aromatic rings. The van der Waals surface area contributed by atoms with Crippen molar-refractivity contribution in [1.29, 1.82) is 0 Å². The van der Waals surface area contributed by atoms with Crippen LogP contribution in [0.5, 0.6) is 5.75 Å². The number of piperidine rings is 1. The number of benzene rings is 1. The van der Waals surface area contributed by atoms with E-state index in [9.17, 15) is 5.11 Å². The van der Waals surface area contributed by atoms with Crippen LogP contribution in [0, 0.1) is 5.92 Å². The van der Waals surface area contributed by atoms with Crippen LogP contribution in [0.1, 0.15) is 32.3 Å². The molecule has 0 radical (unpaired) electrons. The molecule has 1 aromatic carbocycles. The van der Waals surface area contributed by atoms with Crippen molar-refractivity contribution in [2.75, 3.05) is 19.6 Å². The number of aliphatic hydroxyl groups is 1. The van der Waals surface area contributed by atoms with Crippen LogP contribution in [-0.2, 0) is 5.60 Å². The second kappa shape index (κ2) is 4.80.